The molecule has 0 aliphatic rings. The third kappa shape index (κ3) is 1.64. The van der Waals surface area contributed by atoms with E-state index in [2.05, 4.69) is 20.4 Å². The average molecular weight is 210 g/mol. The van der Waals surface area contributed by atoms with Gasteiger partial charge in [0.05, 0.1) is 12.1 Å². The number of rotatable bonds is 2. The molecule has 0 fully saturated rings. The van der Waals surface area contributed by atoms with Crippen LogP contribution >= 0.6 is 11.3 Å². The first kappa shape index (κ1) is 9.22. The summed E-state index contributed by atoms with van der Waals surface area (Å²) in [4.78, 5) is 6.47. The lowest BCUT2D eigenvalue weighted by Gasteiger charge is -2.01. The minimum absolute atomic E-state index is 0.324. The molecule has 2 rings (SSSR count). The fraction of sp³-hybridized carbons (Fsp3) is 0.429. The van der Waals surface area contributed by atoms with E-state index in [0.29, 0.717) is 5.82 Å². The Labute approximate surface area is 84.8 Å². The third-order valence-electron chi connectivity index (χ3n) is 1.75. The highest BCUT2D eigenvalue weighted by Crippen LogP contribution is 2.21. The molecule has 2 aromatic rings. The molecule has 0 amide bonds. The van der Waals surface area contributed by atoms with Gasteiger partial charge in [0.25, 0.3) is 0 Å². The van der Waals surface area contributed by atoms with E-state index in [1.807, 2.05) is 6.92 Å². The Kier molecular flexibility index (Phi) is 2.26. The van der Waals surface area contributed by atoms with E-state index < -0.39 is 0 Å². The van der Waals surface area contributed by atoms with Crippen LogP contribution in [0.2, 0.25) is 0 Å². The summed E-state index contributed by atoms with van der Waals surface area (Å²) in [5, 5.41) is 12.6. The molecule has 0 bridgehead atoms. The number of hydrogen-bond acceptors (Lipinski definition) is 6. The van der Waals surface area contributed by atoms with Crippen LogP contribution in [-0.4, -0.2) is 25.2 Å². The molecule has 14 heavy (non-hydrogen) atoms. The first-order valence-electron chi connectivity index (χ1n) is 4.08. The number of aryl methyl sites for hydroxylation is 2. The predicted molar refractivity (Wildman–Crippen MR) is 51.7 cm³/mol. The number of tetrazole rings is 1. The van der Waals surface area contributed by atoms with Crippen molar-refractivity contribution in [3.05, 3.63) is 21.9 Å². The van der Waals surface area contributed by atoms with E-state index in [1.54, 1.807) is 24.6 Å². The number of hydrogen-bond donors (Lipinski definition) is 1. The van der Waals surface area contributed by atoms with Crippen molar-refractivity contribution in [3.8, 4) is 0 Å². The average Bonchev–Trinajstić information content (AvgIpc) is 2.73. The van der Waals surface area contributed by atoms with Gasteiger partial charge in [-0.2, -0.15) is 4.80 Å². The van der Waals surface area contributed by atoms with E-state index in [1.165, 1.54) is 4.80 Å². The van der Waals surface area contributed by atoms with Crippen LogP contribution in [0.1, 0.15) is 21.8 Å². The molecule has 7 heteroatoms. The molecule has 2 aromatic heterocycles. The van der Waals surface area contributed by atoms with Crippen molar-refractivity contribution in [2.75, 3.05) is 0 Å². The van der Waals surface area contributed by atoms with Gasteiger partial charge in [-0.1, -0.05) is 0 Å². The van der Waals surface area contributed by atoms with Gasteiger partial charge < -0.3 is 5.73 Å². The van der Waals surface area contributed by atoms with Crippen LogP contribution in [0, 0.1) is 6.92 Å². The quantitative estimate of drug-likeness (QED) is 0.755. The summed E-state index contributed by atoms with van der Waals surface area (Å²) >= 11 is 1.55. The van der Waals surface area contributed by atoms with Gasteiger partial charge in [0.2, 0.25) is 0 Å². The maximum atomic E-state index is 5.94. The summed E-state index contributed by atoms with van der Waals surface area (Å²) in [5.74, 6) is 0.524. The van der Waals surface area contributed by atoms with Crippen molar-refractivity contribution in [2.45, 2.75) is 13.0 Å². The predicted octanol–water partition coefficient (Wildman–Crippen LogP) is 0.0231. The molecule has 0 saturated carbocycles. The Morgan fingerprint density at radius 1 is 1.57 bits per heavy atom. The van der Waals surface area contributed by atoms with Crippen LogP contribution in [0.4, 0.5) is 0 Å². The minimum atomic E-state index is -0.324. The molecule has 0 aliphatic carbocycles. The summed E-state index contributed by atoms with van der Waals surface area (Å²) in [6, 6.07) is -0.324. The van der Waals surface area contributed by atoms with Gasteiger partial charge in [-0.25, -0.2) is 4.98 Å². The van der Waals surface area contributed by atoms with Crippen LogP contribution in [0.25, 0.3) is 0 Å². The lowest BCUT2D eigenvalue weighted by molar-refractivity contribution is 0.625. The molecule has 1 unspecified atom stereocenters. The molecule has 0 radical (unpaired) electrons. The molecule has 2 N–H and O–H groups in total. The Hall–Kier alpha value is -1.34. The topological polar surface area (TPSA) is 82.5 Å². The number of thiazole rings is 1. The monoisotopic (exact) mass is 210 g/mol. The molecular formula is C7H10N6S. The Balaban J connectivity index is 2.28. The van der Waals surface area contributed by atoms with Crippen LogP contribution in [0.3, 0.4) is 0 Å². The molecule has 74 valence electrons. The molecule has 2 heterocycles. The maximum Gasteiger partial charge on any atom is 0.196 e. The Morgan fingerprint density at radius 2 is 2.36 bits per heavy atom. The number of nitrogens with zero attached hydrogens (tertiary/aromatic N) is 5. The highest BCUT2D eigenvalue weighted by molar-refractivity contribution is 7.11. The second-order valence-corrected chi connectivity index (χ2v) is 4.16. The second kappa shape index (κ2) is 3.43. The van der Waals surface area contributed by atoms with E-state index in [4.69, 9.17) is 5.73 Å². The molecule has 0 aromatic carbocycles. The zero-order chi connectivity index (χ0) is 10.1. The lowest BCUT2D eigenvalue weighted by Crippen LogP contribution is -2.12. The van der Waals surface area contributed by atoms with Gasteiger partial charge in [-0.15, -0.1) is 21.5 Å². The molecule has 0 spiro atoms. The van der Waals surface area contributed by atoms with Crippen LogP contribution in [0.15, 0.2) is 6.20 Å². The second-order valence-electron chi connectivity index (χ2n) is 2.90. The molecule has 6 nitrogen and oxygen atoms in total. The van der Waals surface area contributed by atoms with Crippen molar-refractivity contribution in [3.63, 3.8) is 0 Å². The van der Waals surface area contributed by atoms with Gasteiger partial charge in [0.15, 0.2) is 5.82 Å². The molecule has 0 saturated heterocycles. The zero-order valence-electron chi connectivity index (χ0n) is 7.88. The highest BCUT2D eigenvalue weighted by Gasteiger charge is 2.16. The van der Waals surface area contributed by atoms with Crippen LogP contribution < -0.4 is 5.73 Å². The van der Waals surface area contributed by atoms with Gasteiger partial charge in [-0.3, -0.25) is 0 Å². The first-order chi connectivity index (χ1) is 6.66. The maximum absolute atomic E-state index is 5.94. The zero-order valence-corrected chi connectivity index (χ0v) is 8.69. The van der Waals surface area contributed by atoms with Gasteiger partial charge in [0, 0.05) is 11.1 Å². The van der Waals surface area contributed by atoms with Crippen LogP contribution in [0.5, 0.6) is 0 Å². The van der Waals surface area contributed by atoms with E-state index in [0.717, 1.165) is 9.88 Å². The smallest absolute Gasteiger partial charge is 0.196 e. The Bertz CT molecular complexity index is 393. The largest absolute Gasteiger partial charge is 0.317 e. The van der Waals surface area contributed by atoms with E-state index in [9.17, 15) is 0 Å². The summed E-state index contributed by atoms with van der Waals surface area (Å²) in [7, 11) is 1.71. The van der Waals surface area contributed by atoms with E-state index in [-0.39, 0.29) is 6.04 Å². The summed E-state index contributed by atoms with van der Waals surface area (Å²) in [6.07, 6.45) is 1.75. The van der Waals surface area contributed by atoms with Crippen molar-refractivity contribution in [1.29, 1.82) is 0 Å². The number of nitrogens with two attached hydrogens (primary N) is 1. The van der Waals surface area contributed by atoms with Crippen molar-refractivity contribution < 1.29 is 0 Å². The molecule has 0 aliphatic heterocycles. The highest BCUT2D eigenvalue weighted by atomic mass is 32.1. The molecule has 1 atom stereocenters. The van der Waals surface area contributed by atoms with Crippen molar-refractivity contribution >= 4 is 11.3 Å². The van der Waals surface area contributed by atoms with Gasteiger partial charge in [0.1, 0.15) is 6.04 Å². The van der Waals surface area contributed by atoms with Crippen molar-refractivity contribution in [1.82, 2.24) is 25.2 Å². The standard InChI is InChI=1S/C7H10N6S/c1-4-9-3-5(14-4)6(8)7-10-12-13(2)11-7/h3,6H,8H2,1-2H3. The van der Waals surface area contributed by atoms with Crippen LogP contribution in [-0.2, 0) is 7.05 Å². The molecular weight excluding hydrogens is 200 g/mol. The van der Waals surface area contributed by atoms with Gasteiger partial charge in [-0.05, 0) is 12.1 Å². The SMILES string of the molecule is Cc1ncc(C(N)c2nnn(C)n2)s1. The number of aromatic nitrogens is 5. The lowest BCUT2D eigenvalue weighted by atomic mass is 10.3. The minimum Gasteiger partial charge on any atom is -0.317 e. The summed E-state index contributed by atoms with van der Waals surface area (Å²) in [6.45, 7) is 1.94. The van der Waals surface area contributed by atoms with E-state index >= 15 is 0 Å². The fourth-order valence-corrected chi connectivity index (χ4v) is 1.86. The normalized spacial score (nSPS) is 13.1. The fourth-order valence-electron chi connectivity index (χ4n) is 1.07. The summed E-state index contributed by atoms with van der Waals surface area (Å²) in [5.41, 5.74) is 5.94. The Morgan fingerprint density at radius 3 is 2.86 bits per heavy atom. The van der Waals surface area contributed by atoms with Crippen molar-refractivity contribution in [2.24, 2.45) is 12.8 Å². The van der Waals surface area contributed by atoms with Gasteiger partial charge >= 0.3 is 0 Å². The first-order valence-corrected chi connectivity index (χ1v) is 4.90. The summed E-state index contributed by atoms with van der Waals surface area (Å²) < 4.78 is 0. The third-order valence-corrected chi connectivity index (χ3v) is 2.74.